The number of hydrogen-bond acceptors (Lipinski definition) is 4. The first-order chi connectivity index (χ1) is 13.6. The maximum Gasteiger partial charge on any atom is 0.243 e. The third-order valence-electron chi connectivity index (χ3n) is 4.13. The van der Waals surface area contributed by atoms with Crippen LogP contribution in [-0.2, 0) is 11.4 Å². The second kappa shape index (κ2) is 9.37. The van der Waals surface area contributed by atoms with Crippen LogP contribution in [0.2, 0.25) is 0 Å². The van der Waals surface area contributed by atoms with E-state index in [0.717, 1.165) is 17.0 Å². The average Bonchev–Trinajstić information content (AvgIpc) is 2.73. The Hall–Kier alpha value is -3.60. The molecule has 28 heavy (non-hydrogen) atoms. The van der Waals surface area contributed by atoms with E-state index in [1.54, 1.807) is 36.4 Å². The SMILES string of the molecule is CC(=O)c1ccc(NCC(=O)Nc2ccc(OCc3ccccc3)cc2)cc1. The summed E-state index contributed by atoms with van der Waals surface area (Å²) < 4.78 is 5.73. The monoisotopic (exact) mass is 374 g/mol. The van der Waals surface area contributed by atoms with Crippen molar-refractivity contribution in [3.05, 3.63) is 90.0 Å². The predicted octanol–water partition coefficient (Wildman–Crippen LogP) is 4.52. The van der Waals surface area contributed by atoms with E-state index in [-0.39, 0.29) is 18.2 Å². The molecule has 3 rings (SSSR count). The third-order valence-corrected chi connectivity index (χ3v) is 4.13. The predicted molar refractivity (Wildman–Crippen MR) is 111 cm³/mol. The zero-order valence-electron chi connectivity index (χ0n) is 15.6. The standard InChI is InChI=1S/C23H22N2O3/c1-17(26)19-7-9-20(10-8-19)24-15-23(27)25-21-11-13-22(14-12-21)28-16-18-5-3-2-4-6-18/h2-14,24H,15-16H2,1H3,(H,25,27). The van der Waals surface area contributed by atoms with Crippen molar-refractivity contribution in [2.45, 2.75) is 13.5 Å². The quantitative estimate of drug-likeness (QED) is 0.569. The number of anilines is 2. The van der Waals surface area contributed by atoms with Crippen molar-refractivity contribution in [1.82, 2.24) is 0 Å². The van der Waals surface area contributed by atoms with Gasteiger partial charge in [0, 0.05) is 16.9 Å². The lowest BCUT2D eigenvalue weighted by Crippen LogP contribution is -2.21. The minimum Gasteiger partial charge on any atom is -0.489 e. The largest absolute Gasteiger partial charge is 0.489 e. The number of carbonyl (C=O) groups is 2. The smallest absolute Gasteiger partial charge is 0.243 e. The van der Waals surface area contributed by atoms with Gasteiger partial charge in [-0.05, 0) is 61.0 Å². The molecule has 142 valence electrons. The maximum atomic E-state index is 12.1. The summed E-state index contributed by atoms with van der Waals surface area (Å²) in [5, 5.41) is 5.86. The molecule has 0 aromatic heterocycles. The molecule has 3 aromatic rings. The highest BCUT2D eigenvalue weighted by Crippen LogP contribution is 2.17. The van der Waals surface area contributed by atoms with Crippen molar-refractivity contribution in [2.75, 3.05) is 17.2 Å². The number of nitrogens with one attached hydrogen (secondary N) is 2. The first-order valence-corrected chi connectivity index (χ1v) is 9.02. The minimum atomic E-state index is -0.159. The van der Waals surface area contributed by atoms with E-state index in [1.807, 2.05) is 42.5 Å². The van der Waals surface area contributed by atoms with Gasteiger partial charge in [0.1, 0.15) is 12.4 Å². The summed E-state index contributed by atoms with van der Waals surface area (Å²) >= 11 is 0. The van der Waals surface area contributed by atoms with Crippen LogP contribution in [0.15, 0.2) is 78.9 Å². The van der Waals surface area contributed by atoms with Crippen LogP contribution in [0.3, 0.4) is 0 Å². The van der Waals surface area contributed by atoms with Crippen LogP contribution in [0, 0.1) is 0 Å². The van der Waals surface area contributed by atoms with E-state index in [0.29, 0.717) is 17.9 Å². The Morgan fingerprint density at radius 1 is 0.821 bits per heavy atom. The molecule has 0 saturated carbocycles. The molecule has 0 aliphatic carbocycles. The number of carbonyl (C=O) groups excluding carboxylic acids is 2. The summed E-state index contributed by atoms with van der Waals surface area (Å²) in [5.41, 5.74) is 3.22. The molecule has 5 nitrogen and oxygen atoms in total. The van der Waals surface area contributed by atoms with Gasteiger partial charge in [-0.25, -0.2) is 0 Å². The lowest BCUT2D eigenvalue weighted by molar-refractivity contribution is -0.114. The second-order valence-corrected chi connectivity index (χ2v) is 6.33. The molecular weight excluding hydrogens is 352 g/mol. The fourth-order valence-electron chi connectivity index (χ4n) is 2.59. The van der Waals surface area contributed by atoms with Crippen LogP contribution >= 0.6 is 0 Å². The molecule has 0 spiro atoms. The number of benzene rings is 3. The topological polar surface area (TPSA) is 67.4 Å². The third kappa shape index (κ3) is 5.71. The number of amides is 1. The number of ketones is 1. The molecule has 5 heteroatoms. The van der Waals surface area contributed by atoms with E-state index in [2.05, 4.69) is 10.6 Å². The van der Waals surface area contributed by atoms with Gasteiger partial charge in [-0.1, -0.05) is 30.3 Å². The Balaban J connectivity index is 1.45. The Morgan fingerprint density at radius 3 is 2.11 bits per heavy atom. The molecule has 0 unspecified atom stereocenters. The number of rotatable bonds is 8. The van der Waals surface area contributed by atoms with E-state index in [4.69, 9.17) is 4.74 Å². The molecule has 0 saturated heterocycles. The van der Waals surface area contributed by atoms with Gasteiger partial charge in [-0.3, -0.25) is 9.59 Å². The van der Waals surface area contributed by atoms with Crippen molar-refractivity contribution in [2.24, 2.45) is 0 Å². The molecule has 0 atom stereocenters. The van der Waals surface area contributed by atoms with Crippen molar-refractivity contribution in [3.8, 4) is 5.75 Å². The van der Waals surface area contributed by atoms with Crippen LogP contribution in [0.4, 0.5) is 11.4 Å². The van der Waals surface area contributed by atoms with Gasteiger partial charge in [0.25, 0.3) is 0 Å². The molecule has 3 aromatic carbocycles. The van der Waals surface area contributed by atoms with Crippen LogP contribution in [0.5, 0.6) is 5.75 Å². The van der Waals surface area contributed by atoms with Gasteiger partial charge in [-0.2, -0.15) is 0 Å². The van der Waals surface area contributed by atoms with Gasteiger partial charge < -0.3 is 15.4 Å². The van der Waals surface area contributed by atoms with E-state index < -0.39 is 0 Å². The van der Waals surface area contributed by atoms with Crippen LogP contribution in [-0.4, -0.2) is 18.2 Å². The Bertz CT molecular complexity index is 920. The van der Waals surface area contributed by atoms with Crippen molar-refractivity contribution in [1.29, 1.82) is 0 Å². The zero-order valence-corrected chi connectivity index (χ0v) is 15.6. The summed E-state index contributed by atoms with van der Waals surface area (Å²) in [7, 11) is 0. The number of Topliss-reactive ketones (excluding diaryl/α,β-unsaturated/α-hetero) is 1. The molecule has 0 aliphatic rings. The lowest BCUT2D eigenvalue weighted by Gasteiger charge is -2.10. The average molecular weight is 374 g/mol. The molecule has 1 amide bonds. The van der Waals surface area contributed by atoms with Gasteiger partial charge in [0.15, 0.2) is 5.78 Å². The summed E-state index contributed by atoms with van der Waals surface area (Å²) in [6, 6.07) is 24.2. The van der Waals surface area contributed by atoms with E-state index in [1.165, 1.54) is 6.92 Å². The first kappa shape index (κ1) is 19.2. The Kier molecular flexibility index (Phi) is 6.41. The van der Waals surface area contributed by atoms with Crippen LogP contribution in [0.25, 0.3) is 0 Å². The van der Waals surface area contributed by atoms with E-state index in [9.17, 15) is 9.59 Å². The van der Waals surface area contributed by atoms with Crippen LogP contribution in [0.1, 0.15) is 22.8 Å². The lowest BCUT2D eigenvalue weighted by atomic mass is 10.1. The molecule has 0 aliphatic heterocycles. The van der Waals surface area contributed by atoms with Gasteiger partial charge in [0.05, 0.1) is 6.54 Å². The molecule has 0 bridgehead atoms. The van der Waals surface area contributed by atoms with Crippen molar-refractivity contribution in [3.63, 3.8) is 0 Å². The second-order valence-electron chi connectivity index (χ2n) is 6.33. The fourth-order valence-corrected chi connectivity index (χ4v) is 2.59. The minimum absolute atomic E-state index is 0.0143. The van der Waals surface area contributed by atoms with Crippen molar-refractivity contribution < 1.29 is 14.3 Å². The highest BCUT2D eigenvalue weighted by molar-refractivity contribution is 5.95. The van der Waals surface area contributed by atoms with Gasteiger partial charge in [-0.15, -0.1) is 0 Å². The highest BCUT2D eigenvalue weighted by Gasteiger charge is 2.04. The molecular formula is C23H22N2O3. The summed E-state index contributed by atoms with van der Waals surface area (Å²) in [6.07, 6.45) is 0. The van der Waals surface area contributed by atoms with E-state index >= 15 is 0 Å². The first-order valence-electron chi connectivity index (χ1n) is 9.02. The van der Waals surface area contributed by atoms with Crippen molar-refractivity contribution >= 4 is 23.1 Å². The maximum absolute atomic E-state index is 12.1. The summed E-state index contributed by atoms with van der Waals surface area (Å²) in [4.78, 5) is 23.4. The Labute approximate surface area is 164 Å². The van der Waals surface area contributed by atoms with Crippen LogP contribution < -0.4 is 15.4 Å². The number of hydrogen-bond donors (Lipinski definition) is 2. The molecule has 0 radical (unpaired) electrons. The van der Waals surface area contributed by atoms with Gasteiger partial charge in [0.2, 0.25) is 5.91 Å². The Morgan fingerprint density at radius 2 is 1.46 bits per heavy atom. The summed E-state index contributed by atoms with van der Waals surface area (Å²) in [6.45, 7) is 2.15. The molecule has 2 N–H and O–H groups in total. The zero-order chi connectivity index (χ0) is 19.8. The highest BCUT2D eigenvalue weighted by atomic mass is 16.5. The summed E-state index contributed by atoms with van der Waals surface area (Å²) in [5.74, 6) is 0.597. The fraction of sp³-hybridized carbons (Fsp3) is 0.130. The van der Waals surface area contributed by atoms with Gasteiger partial charge >= 0.3 is 0 Å². The molecule has 0 fully saturated rings. The number of ether oxygens (including phenoxy) is 1. The molecule has 0 heterocycles. The normalized spacial score (nSPS) is 10.2.